The van der Waals surface area contributed by atoms with Crippen LogP contribution in [0.25, 0.3) is 0 Å². The molecule has 0 unspecified atom stereocenters. The number of benzene rings is 1. The fourth-order valence-electron chi connectivity index (χ4n) is 2.09. The van der Waals surface area contributed by atoms with Crippen LogP contribution < -0.4 is 0 Å². The molecule has 0 bridgehead atoms. The van der Waals surface area contributed by atoms with Crippen molar-refractivity contribution in [1.29, 1.82) is 5.26 Å². The van der Waals surface area contributed by atoms with Gasteiger partial charge in [0.25, 0.3) is 0 Å². The molecule has 1 amide bonds. The quantitative estimate of drug-likeness (QED) is 0.785. The van der Waals surface area contributed by atoms with Crippen molar-refractivity contribution in [2.75, 3.05) is 6.54 Å². The van der Waals surface area contributed by atoms with Crippen molar-refractivity contribution >= 4 is 11.9 Å². The van der Waals surface area contributed by atoms with Gasteiger partial charge in [0.15, 0.2) is 6.10 Å². The lowest BCUT2D eigenvalue weighted by atomic mass is 10.1. The van der Waals surface area contributed by atoms with Crippen molar-refractivity contribution in [3.8, 4) is 6.07 Å². The van der Waals surface area contributed by atoms with Gasteiger partial charge < -0.3 is 9.64 Å². The Bertz CT molecular complexity index is 545. The molecular formula is C15H16N2O3. The minimum atomic E-state index is -0.760. The molecule has 0 aromatic heterocycles. The van der Waals surface area contributed by atoms with Gasteiger partial charge in [-0.25, -0.2) is 4.79 Å². The predicted molar refractivity (Wildman–Crippen MR) is 71.6 cm³/mol. The van der Waals surface area contributed by atoms with E-state index in [0.29, 0.717) is 18.5 Å². The molecule has 0 radical (unpaired) electrons. The molecule has 20 heavy (non-hydrogen) atoms. The second kappa shape index (κ2) is 6.20. The Morgan fingerprint density at radius 2 is 2.15 bits per heavy atom. The number of hydrogen-bond donors (Lipinski definition) is 0. The van der Waals surface area contributed by atoms with Crippen LogP contribution in [0.2, 0.25) is 0 Å². The molecule has 1 heterocycles. The Kier molecular flexibility index (Phi) is 4.36. The number of nitrogens with zero attached hydrogens (tertiary/aromatic N) is 2. The molecule has 2 rings (SSSR count). The van der Waals surface area contributed by atoms with Crippen LogP contribution >= 0.6 is 0 Å². The van der Waals surface area contributed by atoms with E-state index in [0.717, 1.165) is 18.5 Å². The highest BCUT2D eigenvalue weighted by Gasteiger charge is 2.20. The summed E-state index contributed by atoms with van der Waals surface area (Å²) in [6.07, 6.45) is 0.774. The van der Waals surface area contributed by atoms with E-state index in [9.17, 15) is 9.59 Å². The number of carbonyl (C=O) groups is 2. The first-order chi connectivity index (χ1) is 9.60. The van der Waals surface area contributed by atoms with Gasteiger partial charge in [0.2, 0.25) is 5.91 Å². The minimum absolute atomic E-state index is 0.177. The number of carbonyl (C=O) groups excluding carboxylic acids is 2. The average molecular weight is 272 g/mol. The molecular weight excluding hydrogens is 256 g/mol. The number of rotatable bonds is 4. The SMILES string of the molecule is C[C@H](C#N)OC(=O)c1ccc(CN2CCCC2=O)cc1. The van der Waals surface area contributed by atoms with E-state index in [2.05, 4.69) is 0 Å². The highest BCUT2D eigenvalue weighted by molar-refractivity contribution is 5.89. The van der Waals surface area contributed by atoms with Crippen molar-refractivity contribution < 1.29 is 14.3 Å². The molecule has 0 N–H and O–H groups in total. The van der Waals surface area contributed by atoms with E-state index in [1.165, 1.54) is 6.92 Å². The lowest BCUT2D eigenvalue weighted by molar-refractivity contribution is -0.128. The van der Waals surface area contributed by atoms with Gasteiger partial charge in [-0.1, -0.05) is 12.1 Å². The second-order valence-corrected chi connectivity index (χ2v) is 4.79. The van der Waals surface area contributed by atoms with E-state index in [1.54, 1.807) is 24.3 Å². The fraction of sp³-hybridized carbons (Fsp3) is 0.400. The normalized spacial score (nSPS) is 15.8. The number of ether oxygens (including phenoxy) is 1. The summed E-state index contributed by atoms with van der Waals surface area (Å²) in [4.78, 5) is 25.0. The Labute approximate surface area is 117 Å². The number of amides is 1. The van der Waals surface area contributed by atoms with Gasteiger partial charge in [0.1, 0.15) is 6.07 Å². The number of likely N-dealkylation sites (tertiary alicyclic amines) is 1. The van der Waals surface area contributed by atoms with Gasteiger partial charge in [-0.05, 0) is 31.0 Å². The van der Waals surface area contributed by atoms with Gasteiger partial charge in [-0.3, -0.25) is 4.79 Å². The van der Waals surface area contributed by atoms with Gasteiger partial charge in [0.05, 0.1) is 5.56 Å². The Morgan fingerprint density at radius 3 is 2.70 bits per heavy atom. The molecule has 0 saturated carbocycles. The van der Waals surface area contributed by atoms with Gasteiger partial charge in [-0.15, -0.1) is 0 Å². The fourth-order valence-corrected chi connectivity index (χ4v) is 2.09. The molecule has 1 aromatic rings. The van der Waals surface area contributed by atoms with Crippen LogP contribution in [0.4, 0.5) is 0 Å². The van der Waals surface area contributed by atoms with E-state index < -0.39 is 12.1 Å². The van der Waals surface area contributed by atoms with Crippen LogP contribution in [-0.2, 0) is 16.1 Å². The van der Waals surface area contributed by atoms with E-state index in [-0.39, 0.29) is 5.91 Å². The van der Waals surface area contributed by atoms with E-state index in [4.69, 9.17) is 10.00 Å². The standard InChI is InChI=1S/C15H16N2O3/c1-11(9-16)20-15(19)13-6-4-12(5-7-13)10-17-8-2-3-14(17)18/h4-7,11H,2-3,8,10H2,1H3/t11-/m1/s1. The van der Waals surface area contributed by atoms with Crippen molar-refractivity contribution in [3.63, 3.8) is 0 Å². The average Bonchev–Trinajstić information content (AvgIpc) is 2.85. The molecule has 1 aliphatic rings. The third-order valence-electron chi connectivity index (χ3n) is 3.20. The van der Waals surface area contributed by atoms with Crippen molar-refractivity contribution in [3.05, 3.63) is 35.4 Å². The summed E-state index contributed by atoms with van der Waals surface area (Å²) in [5.41, 5.74) is 1.38. The maximum atomic E-state index is 11.7. The van der Waals surface area contributed by atoms with Crippen LogP contribution in [0.1, 0.15) is 35.7 Å². The van der Waals surface area contributed by atoms with Crippen LogP contribution in [0.5, 0.6) is 0 Å². The van der Waals surface area contributed by atoms with Gasteiger partial charge >= 0.3 is 5.97 Å². The molecule has 1 aliphatic heterocycles. The molecule has 1 aromatic carbocycles. The molecule has 1 saturated heterocycles. The monoisotopic (exact) mass is 272 g/mol. The summed E-state index contributed by atoms with van der Waals surface area (Å²) in [6, 6.07) is 8.76. The summed E-state index contributed by atoms with van der Waals surface area (Å²) in [7, 11) is 0. The van der Waals surface area contributed by atoms with Crippen LogP contribution in [0, 0.1) is 11.3 Å². The van der Waals surface area contributed by atoms with E-state index >= 15 is 0 Å². The van der Waals surface area contributed by atoms with Crippen molar-refractivity contribution in [2.45, 2.75) is 32.4 Å². The highest BCUT2D eigenvalue weighted by atomic mass is 16.5. The molecule has 1 fully saturated rings. The number of esters is 1. The maximum Gasteiger partial charge on any atom is 0.339 e. The lowest BCUT2D eigenvalue weighted by Crippen LogP contribution is -2.23. The molecule has 0 aliphatic carbocycles. The summed E-state index contributed by atoms with van der Waals surface area (Å²) in [5.74, 6) is -0.334. The zero-order valence-electron chi connectivity index (χ0n) is 11.3. The smallest absolute Gasteiger partial charge is 0.339 e. The van der Waals surface area contributed by atoms with Crippen LogP contribution in [-0.4, -0.2) is 29.4 Å². The highest BCUT2D eigenvalue weighted by Crippen LogP contribution is 2.15. The van der Waals surface area contributed by atoms with E-state index in [1.807, 2.05) is 11.0 Å². The minimum Gasteiger partial charge on any atom is -0.444 e. The summed E-state index contributed by atoms with van der Waals surface area (Å²) < 4.78 is 4.91. The first-order valence-electron chi connectivity index (χ1n) is 6.57. The second-order valence-electron chi connectivity index (χ2n) is 4.79. The zero-order valence-corrected chi connectivity index (χ0v) is 11.3. The van der Waals surface area contributed by atoms with Crippen molar-refractivity contribution in [1.82, 2.24) is 4.90 Å². The topological polar surface area (TPSA) is 70.4 Å². The summed E-state index contributed by atoms with van der Waals surface area (Å²) in [6.45, 7) is 2.89. The summed E-state index contributed by atoms with van der Waals surface area (Å²) in [5, 5.41) is 8.59. The predicted octanol–water partition coefficient (Wildman–Crippen LogP) is 1.88. The van der Waals surface area contributed by atoms with Crippen molar-refractivity contribution in [2.24, 2.45) is 0 Å². The number of nitriles is 1. The van der Waals surface area contributed by atoms with Crippen LogP contribution in [0.15, 0.2) is 24.3 Å². The van der Waals surface area contributed by atoms with Crippen LogP contribution in [0.3, 0.4) is 0 Å². The zero-order chi connectivity index (χ0) is 14.5. The van der Waals surface area contributed by atoms with Gasteiger partial charge in [-0.2, -0.15) is 5.26 Å². The largest absolute Gasteiger partial charge is 0.444 e. The first kappa shape index (κ1) is 14.1. The Balaban J connectivity index is 1.97. The van der Waals surface area contributed by atoms with Gasteiger partial charge in [0, 0.05) is 19.5 Å². The molecule has 104 valence electrons. The molecule has 1 atom stereocenters. The maximum absolute atomic E-state index is 11.7. The molecule has 5 nitrogen and oxygen atoms in total. The summed E-state index contributed by atoms with van der Waals surface area (Å²) >= 11 is 0. The number of hydrogen-bond acceptors (Lipinski definition) is 4. The lowest BCUT2D eigenvalue weighted by Gasteiger charge is -2.15. The third kappa shape index (κ3) is 3.35. The Hall–Kier alpha value is -2.35. The first-order valence-corrected chi connectivity index (χ1v) is 6.57. The molecule has 0 spiro atoms. The third-order valence-corrected chi connectivity index (χ3v) is 3.20. The molecule has 5 heteroatoms. The Morgan fingerprint density at radius 1 is 1.45 bits per heavy atom.